The minimum absolute atomic E-state index is 0.204. The van der Waals surface area contributed by atoms with Crippen LogP contribution in [0.4, 0.5) is 15.9 Å². The average Bonchev–Trinajstić information content (AvgIpc) is 3.50. The molecule has 0 amide bonds. The van der Waals surface area contributed by atoms with Crippen LogP contribution in [0.25, 0.3) is 20.7 Å². The fourth-order valence-corrected chi connectivity index (χ4v) is 6.14. The van der Waals surface area contributed by atoms with Gasteiger partial charge in [-0.1, -0.05) is 23.7 Å². The van der Waals surface area contributed by atoms with Gasteiger partial charge >= 0.3 is 0 Å². The minimum atomic E-state index is -0.852. The molecule has 194 valence electrons. The van der Waals surface area contributed by atoms with Crippen LogP contribution in [0.1, 0.15) is 16.8 Å². The third-order valence-electron chi connectivity index (χ3n) is 6.46. The first-order chi connectivity index (χ1) is 18.5. The molecule has 8 nitrogen and oxygen atoms in total. The number of halogens is 2. The first kappa shape index (κ1) is 24.7. The Labute approximate surface area is 226 Å². The highest BCUT2D eigenvalue weighted by Gasteiger charge is 2.27. The lowest BCUT2D eigenvalue weighted by atomic mass is 9.95. The summed E-state index contributed by atoms with van der Waals surface area (Å²) in [6.07, 6.45) is 4.03. The predicted octanol–water partition coefficient (Wildman–Crippen LogP) is 5.12. The maximum Gasteiger partial charge on any atom is 0.142 e. The Hall–Kier alpha value is -3.57. The van der Waals surface area contributed by atoms with Crippen molar-refractivity contribution >= 4 is 44.7 Å². The van der Waals surface area contributed by atoms with Crippen LogP contribution in [0.2, 0.25) is 5.02 Å². The summed E-state index contributed by atoms with van der Waals surface area (Å²) < 4.78 is 21.0. The Balaban J connectivity index is 1.26. The topological polar surface area (TPSA) is 105 Å². The summed E-state index contributed by atoms with van der Waals surface area (Å²) >= 11 is 8.09. The van der Waals surface area contributed by atoms with E-state index in [0.717, 1.165) is 50.4 Å². The molecule has 3 heterocycles. The van der Waals surface area contributed by atoms with Crippen LogP contribution in [0.5, 0.6) is 5.75 Å². The fourth-order valence-electron chi connectivity index (χ4n) is 4.68. The number of ether oxygens (including phenoxy) is 1. The van der Waals surface area contributed by atoms with Crippen molar-refractivity contribution in [2.45, 2.75) is 32.1 Å². The minimum Gasteiger partial charge on any atom is -0.487 e. The molecule has 11 heteroatoms. The molecule has 0 fully saturated rings. The predicted molar refractivity (Wildman–Crippen MR) is 145 cm³/mol. The van der Waals surface area contributed by atoms with Gasteiger partial charge in [-0.3, -0.25) is 4.68 Å². The number of aryl methyl sites for hydroxylation is 1. The average molecular weight is 552 g/mol. The molecule has 1 aliphatic carbocycles. The molecule has 5 aromatic rings. The van der Waals surface area contributed by atoms with E-state index < -0.39 is 6.10 Å². The molecule has 0 bridgehead atoms. The van der Waals surface area contributed by atoms with Crippen molar-refractivity contribution in [2.24, 2.45) is 0 Å². The van der Waals surface area contributed by atoms with Crippen LogP contribution in [-0.4, -0.2) is 42.7 Å². The molecule has 0 spiro atoms. The van der Waals surface area contributed by atoms with Crippen LogP contribution in [0.15, 0.2) is 55.0 Å². The molecule has 0 saturated heterocycles. The zero-order valence-electron chi connectivity index (χ0n) is 20.1. The molecule has 0 saturated carbocycles. The highest BCUT2D eigenvalue weighted by atomic mass is 35.5. The number of hydrogen-bond donors (Lipinski definition) is 3. The van der Waals surface area contributed by atoms with E-state index in [2.05, 4.69) is 20.4 Å². The molecule has 1 atom stereocenters. The summed E-state index contributed by atoms with van der Waals surface area (Å²) in [5.41, 5.74) is 4.68. The van der Waals surface area contributed by atoms with E-state index in [9.17, 15) is 14.6 Å². The maximum absolute atomic E-state index is 13.4. The van der Waals surface area contributed by atoms with Gasteiger partial charge in [-0.05, 0) is 54.3 Å². The molecule has 3 N–H and O–H groups in total. The van der Waals surface area contributed by atoms with Crippen molar-refractivity contribution in [1.82, 2.24) is 19.7 Å². The van der Waals surface area contributed by atoms with E-state index in [1.807, 2.05) is 12.3 Å². The molecule has 0 aliphatic heterocycles. The summed E-state index contributed by atoms with van der Waals surface area (Å²) in [5, 5.41) is 28.3. The Morgan fingerprint density at radius 2 is 2.08 bits per heavy atom. The number of nitrogens with one attached hydrogen (secondary N) is 1. The Morgan fingerprint density at radius 3 is 2.89 bits per heavy atom. The third-order valence-corrected chi connectivity index (χ3v) is 7.93. The normalized spacial score (nSPS) is 13.3. The number of hydrogen-bond acceptors (Lipinski definition) is 8. The monoisotopic (exact) mass is 551 g/mol. The lowest BCUT2D eigenvalue weighted by molar-refractivity contribution is 0.0775. The van der Waals surface area contributed by atoms with Crippen LogP contribution < -0.4 is 10.1 Å². The first-order valence-corrected chi connectivity index (χ1v) is 13.2. The van der Waals surface area contributed by atoms with E-state index in [-0.39, 0.29) is 25.6 Å². The summed E-state index contributed by atoms with van der Waals surface area (Å²) in [6.45, 7) is 0.147. The Kier molecular flexibility index (Phi) is 6.71. The van der Waals surface area contributed by atoms with E-state index in [1.165, 1.54) is 18.5 Å². The standard InChI is InChI=1S/C27H23ClFN5O3S/c28-21-9-17(4-7-23(21)37-13-15-2-1-3-16(29)8-15)33-26-24-19-5-6-22-20(10-32-34(22)11-18(36)12-35)25(19)38-27(24)31-14-30-26/h1-4,7-10,14,18,35-36H,5-6,11-13H2,(H,30,31,33). The summed E-state index contributed by atoms with van der Waals surface area (Å²) in [7, 11) is 0. The molecular weight excluding hydrogens is 529 g/mol. The molecular formula is C27H23ClFN5O3S. The van der Waals surface area contributed by atoms with Crippen molar-refractivity contribution in [2.75, 3.05) is 11.9 Å². The second-order valence-corrected chi connectivity index (χ2v) is 10.4. The molecule has 2 aromatic carbocycles. The molecule has 38 heavy (non-hydrogen) atoms. The number of anilines is 2. The SMILES string of the molecule is OCC(O)Cn1ncc2c1CCc1c-2sc2ncnc(Nc3ccc(OCc4cccc(F)c4)c(Cl)c3)c12. The summed E-state index contributed by atoms with van der Waals surface area (Å²) in [6, 6.07) is 11.6. The zero-order valence-corrected chi connectivity index (χ0v) is 21.6. The first-order valence-electron chi connectivity index (χ1n) is 12.0. The van der Waals surface area contributed by atoms with Gasteiger partial charge in [-0.2, -0.15) is 5.10 Å². The molecule has 1 unspecified atom stereocenters. The number of rotatable bonds is 8. The van der Waals surface area contributed by atoms with Gasteiger partial charge in [0, 0.05) is 21.8 Å². The second-order valence-electron chi connectivity index (χ2n) is 9.02. The lowest BCUT2D eigenvalue weighted by Crippen LogP contribution is -2.22. The lowest BCUT2D eigenvalue weighted by Gasteiger charge is -2.17. The highest BCUT2D eigenvalue weighted by molar-refractivity contribution is 7.22. The Morgan fingerprint density at radius 1 is 1.18 bits per heavy atom. The maximum atomic E-state index is 13.4. The number of nitrogens with zero attached hydrogens (tertiary/aromatic N) is 4. The van der Waals surface area contributed by atoms with Crippen molar-refractivity contribution < 1.29 is 19.3 Å². The van der Waals surface area contributed by atoms with Crippen molar-refractivity contribution in [3.05, 3.63) is 82.6 Å². The third kappa shape index (κ3) is 4.71. The second kappa shape index (κ2) is 10.3. The van der Waals surface area contributed by atoms with Gasteiger partial charge < -0.3 is 20.3 Å². The number of aliphatic hydroxyl groups is 2. The van der Waals surface area contributed by atoms with Crippen LogP contribution >= 0.6 is 22.9 Å². The van der Waals surface area contributed by atoms with Gasteiger partial charge in [0.25, 0.3) is 0 Å². The van der Waals surface area contributed by atoms with Crippen LogP contribution in [0, 0.1) is 5.82 Å². The van der Waals surface area contributed by atoms with Gasteiger partial charge in [0.05, 0.1) is 35.9 Å². The number of fused-ring (bicyclic) bond motifs is 5. The van der Waals surface area contributed by atoms with E-state index in [1.54, 1.807) is 40.3 Å². The van der Waals surface area contributed by atoms with E-state index >= 15 is 0 Å². The molecule has 6 rings (SSSR count). The smallest absolute Gasteiger partial charge is 0.142 e. The number of thiophene rings is 1. The quantitative estimate of drug-likeness (QED) is 0.246. The molecule has 1 aliphatic rings. The Bertz CT molecular complexity index is 1640. The van der Waals surface area contributed by atoms with Gasteiger partial charge in [-0.15, -0.1) is 11.3 Å². The van der Waals surface area contributed by atoms with Crippen molar-refractivity contribution in [3.63, 3.8) is 0 Å². The van der Waals surface area contributed by atoms with Crippen molar-refractivity contribution in [3.8, 4) is 16.2 Å². The molecule has 3 aromatic heterocycles. The van der Waals surface area contributed by atoms with E-state index in [0.29, 0.717) is 22.2 Å². The van der Waals surface area contributed by atoms with Crippen LogP contribution in [-0.2, 0) is 26.0 Å². The van der Waals surface area contributed by atoms with Crippen molar-refractivity contribution in [1.29, 1.82) is 0 Å². The number of aromatic nitrogens is 4. The fraction of sp³-hybridized carbons (Fsp3) is 0.222. The molecule has 0 radical (unpaired) electrons. The largest absolute Gasteiger partial charge is 0.487 e. The summed E-state index contributed by atoms with van der Waals surface area (Å²) in [5.74, 6) is 0.871. The summed E-state index contributed by atoms with van der Waals surface area (Å²) in [4.78, 5) is 11.0. The van der Waals surface area contributed by atoms with Gasteiger partial charge in [-0.25, -0.2) is 14.4 Å². The van der Waals surface area contributed by atoms with Gasteiger partial charge in [0.2, 0.25) is 0 Å². The van der Waals surface area contributed by atoms with E-state index in [4.69, 9.17) is 16.3 Å². The number of aliphatic hydroxyl groups excluding tert-OH is 2. The zero-order chi connectivity index (χ0) is 26.2. The van der Waals surface area contributed by atoms with Gasteiger partial charge in [0.1, 0.15) is 35.1 Å². The number of benzene rings is 2. The van der Waals surface area contributed by atoms with Crippen LogP contribution in [0.3, 0.4) is 0 Å². The highest BCUT2D eigenvalue weighted by Crippen LogP contribution is 2.45. The van der Waals surface area contributed by atoms with Gasteiger partial charge in [0.15, 0.2) is 0 Å².